The summed E-state index contributed by atoms with van der Waals surface area (Å²) in [4.78, 5) is 19.3. The van der Waals surface area contributed by atoms with Gasteiger partial charge in [-0.3, -0.25) is 9.63 Å². The zero-order chi connectivity index (χ0) is 13.5. The van der Waals surface area contributed by atoms with Crippen molar-refractivity contribution >= 4 is 17.5 Å². The Hall–Kier alpha value is -1.10. The molecule has 1 aromatic carbocycles. The molecule has 1 fully saturated rings. The van der Waals surface area contributed by atoms with Crippen LogP contribution in [0.15, 0.2) is 24.3 Å². The van der Waals surface area contributed by atoms with E-state index in [1.165, 1.54) is 19.3 Å². The third-order valence-electron chi connectivity index (χ3n) is 3.23. The first kappa shape index (κ1) is 14.3. The van der Waals surface area contributed by atoms with Gasteiger partial charge in [-0.2, -0.15) is 0 Å². The average molecular weight is 283 g/mol. The lowest BCUT2D eigenvalue weighted by Crippen LogP contribution is -2.35. The predicted octanol–water partition coefficient (Wildman–Crippen LogP) is 2.49. The van der Waals surface area contributed by atoms with Gasteiger partial charge in [0.1, 0.15) is 0 Å². The average Bonchev–Trinajstić information content (AvgIpc) is 2.45. The number of nitrogens with zero attached hydrogens (tertiary/aromatic N) is 1. The Morgan fingerprint density at radius 1 is 1.21 bits per heavy atom. The van der Waals surface area contributed by atoms with Crippen molar-refractivity contribution in [1.82, 2.24) is 10.4 Å². The number of rotatable bonds is 5. The first-order valence-corrected chi connectivity index (χ1v) is 7.03. The molecule has 1 N–H and O–H groups in total. The maximum Gasteiger partial charge on any atom is 0.274 e. The summed E-state index contributed by atoms with van der Waals surface area (Å²) in [5.74, 6) is -0.240. The van der Waals surface area contributed by atoms with E-state index >= 15 is 0 Å². The Morgan fingerprint density at radius 3 is 2.58 bits per heavy atom. The topological polar surface area (TPSA) is 41.6 Å². The van der Waals surface area contributed by atoms with Gasteiger partial charge < -0.3 is 4.90 Å². The molecule has 4 nitrogen and oxygen atoms in total. The van der Waals surface area contributed by atoms with E-state index in [1.807, 2.05) is 0 Å². The molecule has 0 bridgehead atoms. The standard InChI is InChI=1S/C14H19ClN2O2/c15-13-6-4-12(5-7-13)14(18)16-19-11-10-17-8-2-1-3-9-17/h4-7H,1-3,8-11H2,(H,16,18). The third kappa shape index (κ3) is 4.82. The Morgan fingerprint density at radius 2 is 1.89 bits per heavy atom. The van der Waals surface area contributed by atoms with Crippen molar-refractivity contribution in [1.29, 1.82) is 0 Å². The fraction of sp³-hybridized carbons (Fsp3) is 0.500. The van der Waals surface area contributed by atoms with Crippen LogP contribution < -0.4 is 5.48 Å². The smallest absolute Gasteiger partial charge is 0.274 e. The first-order valence-electron chi connectivity index (χ1n) is 6.66. The Bertz CT molecular complexity index is 402. The van der Waals surface area contributed by atoms with Gasteiger partial charge in [-0.15, -0.1) is 0 Å². The third-order valence-corrected chi connectivity index (χ3v) is 3.48. The molecular weight excluding hydrogens is 264 g/mol. The van der Waals surface area contributed by atoms with Gasteiger partial charge in [-0.1, -0.05) is 18.0 Å². The quantitative estimate of drug-likeness (QED) is 0.666. The number of likely N-dealkylation sites (tertiary alicyclic amines) is 1. The SMILES string of the molecule is O=C(NOCCN1CCCCC1)c1ccc(Cl)cc1. The maximum absolute atomic E-state index is 11.7. The molecule has 1 aliphatic heterocycles. The van der Waals surface area contributed by atoms with Crippen molar-refractivity contribution in [2.24, 2.45) is 0 Å². The second kappa shape index (κ2) is 7.48. The summed E-state index contributed by atoms with van der Waals surface area (Å²) < 4.78 is 0. The number of piperidine rings is 1. The highest BCUT2D eigenvalue weighted by atomic mass is 35.5. The van der Waals surface area contributed by atoms with E-state index in [0.717, 1.165) is 19.6 Å². The van der Waals surface area contributed by atoms with Gasteiger partial charge in [-0.05, 0) is 50.2 Å². The summed E-state index contributed by atoms with van der Waals surface area (Å²) in [7, 11) is 0. The summed E-state index contributed by atoms with van der Waals surface area (Å²) in [6, 6.07) is 6.71. The van der Waals surface area contributed by atoms with Gasteiger partial charge in [-0.25, -0.2) is 5.48 Å². The van der Waals surface area contributed by atoms with Crippen molar-refractivity contribution in [2.45, 2.75) is 19.3 Å². The van der Waals surface area contributed by atoms with Crippen LogP contribution in [0.2, 0.25) is 5.02 Å². The van der Waals surface area contributed by atoms with Crippen LogP contribution >= 0.6 is 11.6 Å². The summed E-state index contributed by atoms with van der Waals surface area (Å²) in [5.41, 5.74) is 2.99. The highest BCUT2D eigenvalue weighted by Crippen LogP contribution is 2.09. The molecule has 0 unspecified atom stereocenters. The molecule has 104 valence electrons. The van der Waals surface area contributed by atoms with Gasteiger partial charge >= 0.3 is 0 Å². The van der Waals surface area contributed by atoms with Crippen LogP contribution in [-0.2, 0) is 4.84 Å². The predicted molar refractivity (Wildman–Crippen MR) is 75.2 cm³/mol. The molecule has 0 spiro atoms. The molecule has 2 rings (SSSR count). The zero-order valence-electron chi connectivity index (χ0n) is 10.9. The van der Waals surface area contributed by atoms with Crippen LogP contribution in [0.5, 0.6) is 0 Å². The molecule has 1 aromatic rings. The molecule has 0 radical (unpaired) electrons. The number of carbonyl (C=O) groups excluding carboxylic acids is 1. The monoisotopic (exact) mass is 282 g/mol. The van der Waals surface area contributed by atoms with Crippen LogP contribution in [0.3, 0.4) is 0 Å². The normalized spacial score (nSPS) is 16.3. The molecule has 0 saturated carbocycles. The van der Waals surface area contributed by atoms with E-state index in [-0.39, 0.29) is 5.91 Å². The molecule has 1 amide bonds. The van der Waals surface area contributed by atoms with Gasteiger partial charge in [0, 0.05) is 17.1 Å². The largest absolute Gasteiger partial charge is 0.301 e. The van der Waals surface area contributed by atoms with E-state index in [0.29, 0.717) is 17.2 Å². The van der Waals surface area contributed by atoms with Crippen LogP contribution in [0.4, 0.5) is 0 Å². The van der Waals surface area contributed by atoms with Gasteiger partial charge in [0.05, 0.1) is 6.61 Å². The number of hydrogen-bond acceptors (Lipinski definition) is 3. The van der Waals surface area contributed by atoms with E-state index in [9.17, 15) is 4.79 Å². The van der Waals surface area contributed by atoms with Crippen molar-refractivity contribution in [3.05, 3.63) is 34.9 Å². The summed E-state index contributed by atoms with van der Waals surface area (Å²) in [5, 5.41) is 0.613. The molecule has 0 aromatic heterocycles. The number of hydroxylamine groups is 1. The Labute approximate surface area is 118 Å². The lowest BCUT2D eigenvalue weighted by molar-refractivity contribution is 0.0206. The number of amides is 1. The Balaban J connectivity index is 1.64. The molecule has 1 aliphatic rings. The molecule has 5 heteroatoms. The summed E-state index contributed by atoms with van der Waals surface area (Å²) >= 11 is 5.76. The van der Waals surface area contributed by atoms with E-state index in [2.05, 4.69) is 10.4 Å². The molecule has 0 atom stereocenters. The van der Waals surface area contributed by atoms with Crippen molar-refractivity contribution in [3.8, 4) is 0 Å². The fourth-order valence-corrected chi connectivity index (χ4v) is 2.26. The number of nitrogens with one attached hydrogen (secondary N) is 1. The second-order valence-corrected chi connectivity index (χ2v) is 5.13. The number of carbonyl (C=O) groups is 1. The van der Waals surface area contributed by atoms with Gasteiger partial charge in [0.25, 0.3) is 5.91 Å². The van der Waals surface area contributed by atoms with Crippen LogP contribution in [0.25, 0.3) is 0 Å². The van der Waals surface area contributed by atoms with Crippen molar-refractivity contribution in [3.63, 3.8) is 0 Å². The number of benzene rings is 1. The summed E-state index contributed by atoms with van der Waals surface area (Å²) in [6.45, 7) is 3.64. The first-order chi connectivity index (χ1) is 9.25. The van der Waals surface area contributed by atoms with E-state index in [4.69, 9.17) is 16.4 Å². The highest BCUT2D eigenvalue weighted by Gasteiger charge is 2.10. The highest BCUT2D eigenvalue weighted by molar-refractivity contribution is 6.30. The van der Waals surface area contributed by atoms with E-state index in [1.54, 1.807) is 24.3 Å². The lowest BCUT2D eigenvalue weighted by Gasteiger charge is -2.25. The minimum Gasteiger partial charge on any atom is -0.301 e. The molecule has 1 saturated heterocycles. The molecule has 19 heavy (non-hydrogen) atoms. The Kier molecular flexibility index (Phi) is 5.63. The van der Waals surface area contributed by atoms with Crippen LogP contribution in [0.1, 0.15) is 29.6 Å². The minimum absolute atomic E-state index is 0.240. The lowest BCUT2D eigenvalue weighted by atomic mass is 10.1. The molecular formula is C14H19ClN2O2. The van der Waals surface area contributed by atoms with E-state index < -0.39 is 0 Å². The maximum atomic E-state index is 11.7. The van der Waals surface area contributed by atoms with Gasteiger partial charge in [0.15, 0.2) is 0 Å². The number of hydrogen-bond donors (Lipinski definition) is 1. The minimum atomic E-state index is -0.240. The molecule has 0 aliphatic carbocycles. The molecule has 1 heterocycles. The second-order valence-electron chi connectivity index (χ2n) is 4.69. The van der Waals surface area contributed by atoms with Crippen molar-refractivity contribution < 1.29 is 9.63 Å². The number of halogens is 1. The van der Waals surface area contributed by atoms with Crippen molar-refractivity contribution in [2.75, 3.05) is 26.2 Å². The van der Waals surface area contributed by atoms with Crippen LogP contribution in [-0.4, -0.2) is 37.0 Å². The summed E-state index contributed by atoms with van der Waals surface area (Å²) in [6.07, 6.45) is 3.85. The zero-order valence-corrected chi connectivity index (χ0v) is 11.7. The van der Waals surface area contributed by atoms with Gasteiger partial charge in [0.2, 0.25) is 0 Å². The van der Waals surface area contributed by atoms with Crippen LogP contribution in [0, 0.1) is 0 Å². The fourth-order valence-electron chi connectivity index (χ4n) is 2.13.